The van der Waals surface area contributed by atoms with Gasteiger partial charge in [-0.3, -0.25) is 9.59 Å². The average Bonchev–Trinajstić information content (AvgIpc) is 2.04. The molecule has 0 bridgehead atoms. The number of rotatable bonds is 2. The molecule has 0 aromatic rings. The molecule has 1 heterocycles. The molecular weight excluding hydrogens is 180 g/mol. The summed E-state index contributed by atoms with van der Waals surface area (Å²) in [5.74, 6) is -1.64. The molecule has 4 nitrogen and oxygen atoms in total. The molecule has 1 fully saturated rings. The minimum Gasteiger partial charge on any atom is -0.481 e. The second-order valence-corrected chi connectivity index (χ2v) is 3.92. The summed E-state index contributed by atoms with van der Waals surface area (Å²) in [5, 5.41) is 17.3. The van der Waals surface area contributed by atoms with Crippen LogP contribution in [0, 0.1) is 11.8 Å². The van der Waals surface area contributed by atoms with E-state index in [9.17, 15) is 9.59 Å². The number of carboxylic acids is 2. The molecule has 0 saturated carbocycles. The first kappa shape index (κ1) is 9.38. The van der Waals surface area contributed by atoms with Crippen molar-refractivity contribution in [2.45, 2.75) is 6.42 Å². The van der Waals surface area contributed by atoms with Crippen LogP contribution < -0.4 is 0 Å². The Morgan fingerprint density at radius 2 is 1.50 bits per heavy atom. The molecule has 12 heavy (non-hydrogen) atoms. The van der Waals surface area contributed by atoms with Gasteiger partial charge in [0.05, 0.1) is 11.8 Å². The first-order valence-corrected chi connectivity index (χ1v) is 4.80. The number of hydrogen-bond donors (Lipinski definition) is 2. The minimum atomic E-state index is -0.881. The third kappa shape index (κ3) is 2.14. The molecule has 0 aromatic carbocycles. The lowest BCUT2D eigenvalue weighted by atomic mass is 9.97. The van der Waals surface area contributed by atoms with E-state index < -0.39 is 23.8 Å². The van der Waals surface area contributed by atoms with Crippen molar-refractivity contribution in [2.24, 2.45) is 11.8 Å². The van der Waals surface area contributed by atoms with E-state index in [2.05, 4.69) is 0 Å². The third-order valence-corrected chi connectivity index (χ3v) is 3.18. The second kappa shape index (κ2) is 3.80. The highest BCUT2D eigenvalue weighted by Gasteiger charge is 2.31. The van der Waals surface area contributed by atoms with Crippen LogP contribution in [-0.4, -0.2) is 33.7 Å². The molecule has 1 rings (SSSR count). The van der Waals surface area contributed by atoms with Crippen molar-refractivity contribution in [1.82, 2.24) is 0 Å². The van der Waals surface area contributed by atoms with E-state index in [1.807, 2.05) is 0 Å². The highest BCUT2D eigenvalue weighted by atomic mass is 32.2. The second-order valence-electron chi connectivity index (χ2n) is 2.84. The Labute approximate surface area is 74.0 Å². The van der Waals surface area contributed by atoms with Gasteiger partial charge >= 0.3 is 11.9 Å². The number of carbonyl (C=O) groups is 2. The Kier molecular flexibility index (Phi) is 2.97. The Bertz CT molecular complexity index is 184. The third-order valence-electron chi connectivity index (χ3n) is 1.91. The maximum atomic E-state index is 10.5. The average molecular weight is 190 g/mol. The van der Waals surface area contributed by atoms with Crippen LogP contribution in [0.5, 0.6) is 0 Å². The molecule has 0 amide bonds. The maximum absolute atomic E-state index is 10.5. The van der Waals surface area contributed by atoms with Crippen molar-refractivity contribution in [1.29, 1.82) is 0 Å². The summed E-state index contributed by atoms with van der Waals surface area (Å²) in [4.78, 5) is 21.0. The lowest BCUT2D eigenvalue weighted by Gasteiger charge is -2.22. The summed E-state index contributed by atoms with van der Waals surface area (Å²) in [6.07, 6.45) is 0.275. The molecule has 1 aliphatic heterocycles. The Hall–Kier alpha value is -0.710. The quantitative estimate of drug-likeness (QED) is 0.664. The van der Waals surface area contributed by atoms with Crippen LogP contribution in [0.15, 0.2) is 0 Å². The van der Waals surface area contributed by atoms with Crippen molar-refractivity contribution >= 4 is 23.7 Å². The molecule has 2 N–H and O–H groups in total. The molecule has 0 radical (unpaired) electrons. The van der Waals surface area contributed by atoms with Crippen molar-refractivity contribution in [2.75, 3.05) is 11.5 Å². The van der Waals surface area contributed by atoms with E-state index in [0.29, 0.717) is 11.5 Å². The standard InChI is InChI=1S/C7H10O4S/c8-6(9)4-1-5(7(10)11)3-12-2-4/h4-5H,1-3H2,(H,8,9)(H,10,11). The molecule has 0 spiro atoms. The van der Waals surface area contributed by atoms with Crippen molar-refractivity contribution in [3.63, 3.8) is 0 Å². The van der Waals surface area contributed by atoms with Crippen LogP contribution in [-0.2, 0) is 9.59 Å². The first-order chi connectivity index (χ1) is 5.61. The fourth-order valence-corrected chi connectivity index (χ4v) is 2.44. The van der Waals surface area contributed by atoms with Crippen molar-refractivity contribution in [3.8, 4) is 0 Å². The zero-order valence-corrected chi connectivity index (χ0v) is 7.21. The Morgan fingerprint density at radius 1 is 1.08 bits per heavy atom. The van der Waals surface area contributed by atoms with Gasteiger partial charge in [0.15, 0.2) is 0 Å². The fourth-order valence-electron chi connectivity index (χ4n) is 1.18. The van der Waals surface area contributed by atoms with Gasteiger partial charge in [-0.15, -0.1) is 0 Å². The van der Waals surface area contributed by atoms with Gasteiger partial charge in [0.2, 0.25) is 0 Å². The van der Waals surface area contributed by atoms with Crippen LogP contribution >= 0.6 is 11.8 Å². The molecule has 68 valence electrons. The SMILES string of the molecule is O=C(O)C1CSCC(C(=O)O)C1. The maximum Gasteiger partial charge on any atom is 0.307 e. The normalized spacial score (nSPS) is 29.7. The largest absolute Gasteiger partial charge is 0.481 e. The summed E-state index contributed by atoms with van der Waals surface area (Å²) in [6, 6.07) is 0. The highest BCUT2D eigenvalue weighted by Crippen LogP contribution is 2.27. The summed E-state index contributed by atoms with van der Waals surface area (Å²) < 4.78 is 0. The first-order valence-electron chi connectivity index (χ1n) is 3.64. The molecule has 1 saturated heterocycles. The fraction of sp³-hybridized carbons (Fsp3) is 0.714. The molecule has 0 aliphatic carbocycles. The smallest absolute Gasteiger partial charge is 0.307 e. The van der Waals surface area contributed by atoms with Gasteiger partial charge in [-0.05, 0) is 6.42 Å². The lowest BCUT2D eigenvalue weighted by molar-refractivity contribution is -0.144. The zero-order chi connectivity index (χ0) is 9.14. The molecular formula is C7H10O4S. The number of hydrogen-bond acceptors (Lipinski definition) is 3. The lowest BCUT2D eigenvalue weighted by Crippen LogP contribution is -2.30. The summed E-state index contributed by atoms with van der Waals surface area (Å²) in [6.45, 7) is 0. The van der Waals surface area contributed by atoms with Crippen LogP contribution in [0.1, 0.15) is 6.42 Å². The number of thioether (sulfide) groups is 1. The molecule has 1 aliphatic rings. The number of aliphatic carboxylic acids is 2. The van der Waals surface area contributed by atoms with E-state index in [1.54, 1.807) is 0 Å². The molecule has 2 atom stereocenters. The van der Waals surface area contributed by atoms with Crippen LogP contribution in [0.25, 0.3) is 0 Å². The Balaban J connectivity index is 2.51. The molecule has 2 unspecified atom stereocenters. The van der Waals surface area contributed by atoms with Crippen LogP contribution in [0.2, 0.25) is 0 Å². The van der Waals surface area contributed by atoms with Gasteiger partial charge in [0.25, 0.3) is 0 Å². The van der Waals surface area contributed by atoms with E-state index in [0.717, 1.165) is 0 Å². The molecule has 0 aromatic heterocycles. The van der Waals surface area contributed by atoms with Gasteiger partial charge in [-0.25, -0.2) is 0 Å². The monoisotopic (exact) mass is 190 g/mol. The van der Waals surface area contributed by atoms with Crippen LogP contribution in [0.3, 0.4) is 0 Å². The highest BCUT2D eigenvalue weighted by molar-refractivity contribution is 7.99. The van der Waals surface area contributed by atoms with Gasteiger partial charge in [0.1, 0.15) is 0 Å². The molecule has 5 heteroatoms. The van der Waals surface area contributed by atoms with Gasteiger partial charge in [-0.1, -0.05) is 0 Å². The zero-order valence-electron chi connectivity index (χ0n) is 6.40. The van der Waals surface area contributed by atoms with Crippen molar-refractivity contribution < 1.29 is 19.8 Å². The van der Waals surface area contributed by atoms with Crippen molar-refractivity contribution in [3.05, 3.63) is 0 Å². The van der Waals surface area contributed by atoms with E-state index in [1.165, 1.54) is 11.8 Å². The Morgan fingerprint density at radius 3 is 1.83 bits per heavy atom. The van der Waals surface area contributed by atoms with Gasteiger partial charge < -0.3 is 10.2 Å². The summed E-state index contributed by atoms with van der Waals surface area (Å²) in [7, 11) is 0. The van der Waals surface area contributed by atoms with E-state index >= 15 is 0 Å². The number of carboxylic acid groups (broad SMARTS) is 2. The minimum absolute atomic E-state index is 0.275. The van der Waals surface area contributed by atoms with E-state index in [4.69, 9.17) is 10.2 Å². The van der Waals surface area contributed by atoms with Gasteiger partial charge in [0, 0.05) is 11.5 Å². The summed E-state index contributed by atoms with van der Waals surface area (Å²) in [5.41, 5.74) is 0. The topological polar surface area (TPSA) is 74.6 Å². The van der Waals surface area contributed by atoms with E-state index in [-0.39, 0.29) is 6.42 Å². The predicted octanol–water partition coefficient (Wildman–Crippen LogP) is 0.525. The predicted molar refractivity (Wildman–Crippen MR) is 44.2 cm³/mol. The van der Waals surface area contributed by atoms with Crippen LogP contribution in [0.4, 0.5) is 0 Å². The van der Waals surface area contributed by atoms with Gasteiger partial charge in [-0.2, -0.15) is 11.8 Å². The summed E-state index contributed by atoms with van der Waals surface area (Å²) >= 11 is 1.41.